The van der Waals surface area contributed by atoms with Crippen LogP contribution in [0.3, 0.4) is 0 Å². The summed E-state index contributed by atoms with van der Waals surface area (Å²) in [6, 6.07) is 0.192. The molecule has 1 aromatic rings. The van der Waals surface area contributed by atoms with Crippen molar-refractivity contribution in [2.45, 2.75) is 12.6 Å². The highest BCUT2D eigenvalue weighted by Gasteiger charge is 2.19. The number of rotatable bonds is 7. The van der Waals surface area contributed by atoms with Crippen molar-refractivity contribution in [2.75, 3.05) is 48.3 Å². The van der Waals surface area contributed by atoms with E-state index < -0.39 is 0 Å². The lowest BCUT2D eigenvalue weighted by atomic mass is 10.2. The normalized spacial score (nSPS) is 13.6. The highest BCUT2D eigenvalue weighted by Crippen LogP contribution is 2.23. The van der Waals surface area contributed by atoms with E-state index in [-0.39, 0.29) is 6.04 Å². The van der Waals surface area contributed by atoms with Gasteiger partial charge in [-0.2, -0.15) is 5.10 Å². The van der Waals surface area contributed by atoms with Crippen LogP contribution in [0, 0.1) is 0 Å². The molecule has 1 heterocycles. The van der Waals surface area contributed by atoms with E-state index in [0.717, 1.165) is 30.4 Å². The molecule has 0 aliphatic rings. The Hall–Kier alpha value is -0.620. The van der Waals surface area contributed by atoms with E-state index >= 15 is 0 Å². The summed E-state index contributed by atoms with van der Waals surface area (Å²) >= 11 is 6.26. The summed E-state index contributed by atoms with van der Waals surface area (Å²) in [6.45, 7) is 2.69. The number of hydrogen-bond donors (Lipinski definition) is 1. The van der Waals surface area contributed by atoms with E-state index in [1.807, 2.05) is 11.7 Å². The largest absolute Gasteiger partial charge is 0.311 e. The fourth-order valence-corrected chi connectivity index (χ4v) is 2.14. The number of nitrogens with one attached hydrogen (secondary N) is 1. The van der Waals surface area contributed by atoms with Crippen LogP contribution in [0.2, 0.25) is 5.02 Å². The quantitative estimate of drug-likeness (QED) is 0.802. The molecular formula is C12H24ClN5. The average molecular weight is 274 g/mol. The van der Waals surface area contributed by atoms with Gasteiger partial charge in [0.2, 0.25) is 0 Å². The Kier molecular flexibility index (Phi) is 6.08. The first-order chi connectivity index (χ1) is 8.45. The van der Waals surface area contributed by atoms with Crippen LogP contribution < -0.4 is 5.32 Å². The van der Waals surface area contributed by atoms with Crippen LogP contribution in [0.15, 0.2) is 6.20 Å². The van der Waals surface area contributed by atoms with Crippen LogP contribution in [0.4, 0.5) is 0 Å². The minimum Gasteiger partial charge on any atom is -0.311 e. The van der Waals surface area contributed by atoms with Gasteiger partial charge >= 0.3 is 0 Å². The van der Waals surface area contributed by atoms with Crippen LogP contribution in [0.25, 0.3) is 0 Å². The van der Waals surface area contributed by atoms with Gasteiger partial charge < -0.3 is 15.1 Å². The topological polar surface area (TPSA) is 36.3 Å². The summed E-state index contributed by atoms with van der Waals surface area (Å²) in [7, 11) is 10.2. The molecule has 104 valence electrons. The van der Waals surface area contributed by atoms with Crippen molar-refractivity contribution in [3.8, 4) is 0 Å². The van der Waals surface area contributed by atoms with Crippen LogP contribution >= 0.6 is 11.6 Å². The van der Waals surface area contributed by atoms with Gasteiger partial charge in [0.1, 0.15) is 0 Å². The fourth-order valence-electron chi connectivity index (χ4n) is 1.87. The zero-order valence-electron chi connectivity index (χ0n) is 11.9. The lowest BCUT2D eigenvalue weighted by molar-refractivity contribution is 0.328. The first-order valence-corrected chi connectivity index (χ1v) is 6.51. The molecule has 0 aliphatic carbocycles. The van der Waals surface area contributed by atoms with E-state index in [0.29, 0.717) is 0 Å². The summed E-state index contributed by atoms with van der Waals surface area (Å²) < 4.78 is 1.99. The van der Waals surface area contributed by atoms with E-state index in [4.69, 9.17) is 11.6 Å². The monoisotopic (exact) mass is 273 g/mol. The smallest absolute Gasteiger partial charge is 0.0834 e. The van der Waals surface area contributed by atoms with Gasteiger partial charge in [-0.15, -0.1) is 0 Å². The first kappa shape index (κ1) is 15.4. The third-order valence-electron chi connectivity index (χ3n) is 2.82. The Morgan fingerprint density at radius 3 is 2.50 bits per heavy atom. The standard InChI is InChI=1S/C12H24ClN5/c1-14-11(9-17(4)5)12-10(13)8-15-18(12)7-6-16(2)3/h8,11,14H,6-7,9H2,1-5H3. The molecule has 0 bridgehead atoms. The van der Waals surface area contributed by atoms with Gasteiger partial charge in [-0.25, -0.2) is 0 Å². The maximum Gasteiger partial charge on any atom is 0.0834 e. The second-order valence-corrected chi connectivity index (χ2v) is 5.41. The number of nitrogens with zero attached hydrogens (tertiary/aromatic N) is 4. The average Bonchev–Trinajstić information content (AvgIpc) is 2.64. The van der Waals surface area contributed by atoms with Crippen LogP contribution in [0.1, 0.15) is 11.7 Å². The molecule has 1 atom stereocenters. The number of aromatic nitrogens is 2. The Morgan fingerprint density at radius 2 is 2.00 bits per heavy atom. The van der Waals surface area contributed by atoms with Crippen molar-refractivity contribution in [3.05, 3.63) is 16.9 Å². The molecule has 0 fully saturated rings. The molecule has 1 N–H and O–H groups in total. The second-order valence-electron chi connectivity index (χ2n) is 5.01. The highest BCUT2D eigenvalue weighted by molar-refractivity contribution is 6.31. The Morgan fingerprint density at radius 1 is 1.33 bits per heavy atom. The first-order valence-electron chi connectivity index (χ1n) is 6.13. The molecule has 1 aromatic heterocycles. The zero-order chi connectivity index (χ0) is 13.7. The summed E-state index contributed by atoms with van der Waals surface area (Å²) in [5.74, 6) is 0. The highest BCUT2D eigenvalue weighted by atomic mass is 35.5. The Balaban J connectivity index is 2.87. The molecule has 1 unspecified atom stereocenters. The second kappa shape index (κ2) is 7.09. The predicted octanol–water partition coefficient (Wildman–Crippen LogP) is 0.920. The lowest BCUT2D eigenvalue weighted by Crippen LogP contribution is -2.31. The molecular weight excluding hydrogens is 250 g/mol. The van der Waals surface area contributed by atoms with Crippen molar-refractivity contribution in [1.29, 1.82) is 0 Å². The Labute approximate surface area is 115 Å². The van der Waals surface area contributed by atoms with Crippen LogP contribution in [-0.2, 0) is 6.54 Å². The van der Waals surface area contributed by atoms with Gasteiger partial charge in [-0.3, -0.25) is 4.68 Å². The van der Waals surface area contributed by atoms with Gasteiger partial charge in [-0.1, -0.05) is 11.6 Å². The maximum atomic E-state index is 6.26. The molecule has 6 heteroatoms. The fraction of sp³-hybridized carbons (Fsp3) is 0.750. The van der Waals surface area contributed by atoms with Crippen molar-refractivity contribution in [1.82, 2.24) is 24.9 Å². The molecule has 0 aliphatic heterocycles. The minimum atomic E-state index is 0.192. The van der Waals surface area contributed by atoms with E-state index in [2.05, 4.69) is 48.4 Å². The SMILES string of the molecule is CNC(CN(C)C)c1c(Cl)cnn1CCN(C)C. The molecule has 0 saturated heterocycles. The van der Waals surface area contributed by atoms with Crippen LogP contribution in [-0.4, -0.2) is 67.9 Å². The summed E-state index contributed by atoms with van der Waals surface area (Å²) in [4.78, 5) is 4.28. The van der Waals surface area contributed by atoms with Crippen molar-refractivity contribution >= 4 is 11.6 Å². The van der Waals surface area contributed by atoms with Crippen LogP contribution in [0.5, 0.6) is 0 Å². The van der Waals surface area contributed by atoms with Gasteiger partial charge in [0.15, 0.2) is 0 Å². The summed E-state index contributed by atoms with van der Waals surface area (Å²) in [6.07, 6.45) is 1.73. The molecule has 0 spiro atoms. The van der Waals surface area contributed by atoms with Gasteiger partial charge in [0.25, 0.3) is 0 Å². The van der Waals surface area contributed by atoms with Gasteiger partial charge in [0.05, 0.1) is 29.5 Å². The van der Waals surface area contributed by atoms with Gasteiger partial charge in [-0.05, 0) is 35.2 Å². The molecule has 0 radical (unpaired) electrons. The zero-order valence-corrected chi connectivity index (χ0v) is 12.7. The predicted molar refractivity (Wildman–Crippen MR) is 76.1 cm³/mol. The molecule has 1 rings (SSSR count). The molecule has 0 amide bonds. The van der Waals surface area contributed by atoms with Crippen molar-refractivity contribution < 1.29 is 0 Å². The lowest BCUT2D eigenvalue weighted by Gasteiger charge is -2.22. The van der Waals surface area contributed by atoms with E-state index in [9.17, 15) is 0 Å². The molecule has 5 nitrogen and oxygen atoms in total. The number of hydrogen-bond acceptors (Lipinski definition) is 4. The third kappa shape index (κ3) is 4.24. The van der Waals surface area contributed by atoms with Crippen molar-refractivity contribution in [3.63, 3.8) is 0 Å². The third-order valence-corrected chi connectivity index (χ3v) is 3.11. The molecule has 18 heavy (non-hydrogen) atoms. The number of likely N-dealkylation sites (N-methyl/N-ethyl adjacent to an activating group) is 3. The van der Waals surface area contributed by atoms with Crippen molar-refractivity contribution in [2.24, 2.45) is 0 Å². The maximum absolute atomic E-state index is 6.26. The van der Waals surface area contributed by atoms with E-state index in [1.54, 1.807) is 6.20 Å². The molecule has 0 aromatic carbocycles. The Bertz CT molecular complexity index is 361. The van der Waals surface area contributed by atoms with Gasteiger partial charge in [0, 0.05) is 13.1 Å². The summed E-state index contributed by atoms with van der Waals surface area (Å²) in [5.41, 5.74) is 1.06. The summed E-state index contributed by atoms with van der Waals surface area (Å²) in [5, 5.41) is 8.40. The molecule has 0 saturated carbocycles. The number of halogens is 1. The minimum absolute atomic E-state index is 0.192. The van der Waals surface area contributed by atoms with E-state index in [1.165, 1.54) is 0 Å².